The predicted octanol–water partition coefficient (Wildman–Crippen LogP) is 2.65. The molecule has 0 bridgehead atoms. The van der Waals surface area contributed by atoms with E-state index in [1.807, 2.05) is 0 Å². The summed E-state index contributed by atoms with van der Waals surface area (Å²) >= 11 is 1.12. The Morgan fingerprint density at radius 2 is 2.05 bits per heavy atom. The van der Waals surface area contributed by atoms with E-state index in [0.717, 1.165) is 24.2 Å². The fraction of sp³-hybridized carbons (Fsp3) is 0.643. The van der Waals surface area contributed by atoms with Crippen molar-refractivity contribution in [3.63, 3.8) is 0 Å². The summed E-state index contributed by atoms with van der Waals surface area (Å²) < 4.78 is 31.6. The molecule has 5 nitrogen and oxygen atoms in total. The molecule has 0 amide bonds. The minimum atomic E-state index is -3.66. The van der Waals surface area contributed by atoms with Crippen molar-refractivity contribution in [1.82, 2.24) is 4.31 Å². The zero-order valence-electron chi connectivity index (χ0n) is 12.6. The quantitative estimate of drug-likeness (QED) is 0.778. The molecule has 1 fully saturated rings. The highest BCUT2D eigenvalue weighted by molar-refractivity contribution is 7.89. The summed E-state index contributed by atoms with van der Waals surface area (Å²) in [4.78, 5) is 12.0. The van der Waals surface area contributed by atoms with Crippen molar-refractivity contribution >= 4 is 27.3 Å². The average Bonchev–Trinajstić information content (AvgIpc) is 3.07. The molecule has 1 aliphatic rings. The van der Waals surface area contributed by atoms with Crippen molar-refractivity contribution in [2.45, 2.75) is 37.5 Å². The van der Waals surface area contributed by atoms with Crippen LogP contribution in [0.4, 0.5) is 0 Å². The summed E-state index contributed by atoms with van der Waals surface area (Å²) in [5, 5.41) is 1.68. The number of nitrogens with zero attached hydrogens (tertiary/aromatic N) is 1. The molecule has 0 aromatic carbocycles. The van der Waals surface area contributed by atoms with Crippen molar-refractivity contribution in [3.05, 3.63) is 15.8 Å². The third-order valence-corrected chi connectivity index (χ3v) is 7.17. The van der Waals surface area contributed by atoms with Gasteiger partial charge in [0.15, 0.2) is 0 Å². The van der Waals surface area contributed by atoms with E-state index in [1.54, 1.807) is 19.4 Å². The molecule has 0 aliphatic heterocycles. The van der Waals surface area contributed by atoms with Gasteiger partial charge in [0.1, 0.15) is 9.77 Å². The highest BCUT2D eigenvalue weighted by Crippen LogP contribution is 2.32. The van der Waals surface area contributed by atoms with E-state index in [-0.39, 0.29) is 9.77 Å². The van der Waals surface area contributed by atoms with Crippen LogP contribution in [-0.2, 0) is 14.8 Å². The molecular formula is C14H21NO4S2. The van der Waals surface area contributed by atoms with Crippen LogP contribution in [0, 0.1) is 12.8 Å². The Bertz CT molecular complexity index is 615. The molecule has 118 valence electrons. The molecule has 2 rings (SSSR count). The van der Waals surface area contributed by atoms with Gasteiger partial charge < -0.3 is 4.74 Å². The normalized spacial score (nSPS) is 16.6. The molecule has 1 aromatic rings. The van der Waals surface area contributed by atoms with Crippen LogP contribution in [0.1, 0.15) is 40.9 Å². The molecule has 0 spiro atoms. The second-order valence-electron chi connectivity index (χ2n) is 5.50. The molecule has 0 atom stereocenters. The molecule has 0 radical (unpaired) electrons. The molecule has 7 heteroatoms. The Balaban J connectivity index is 2.30. The van der Waals surface area contributed by atoms with Crippen LogP contribution in [-0.4, -0.2) is 39.4 Å². The lowest BCUT2D eigenvalue weighted by molar-refractivity contribution is 0.0602. The number of hydrogen-bond donors (Lipinski definition) is 0. The fourth-order valence-electron chi connectivity index (χ4n) is 2.80. The van der Waals surface area contributed by atoms with Gasteiger partial charge in [-0.05, 0) is 36.6 Å². The van der Waals surface area contributed by atoms with Crippen LogP contribution >= 0.6 is 11.3 Å². The SMILES string of the molecule is COC(=O)c1scc(C)c1S(=O)(=O)N(C)CC1CCCC1. The van der Waals surface area contributed by atoms with E-state index in [4.69, 9.17) is 0 Å². The minimum Gasteiger partial charge on any atom is -0.465 e. The Morgan fingerprint density at radius 3 is 2.62 bits per heavy atom. The molecule has 1 heterocycles. The number of carbonyl (C=O) groups is 1. The molecule has 0 N–H and O–H groups in total. The van der Waals surface area contributed by atoms with Gasteiger partial charge in [-0.25, -0.2) is 17.5 Å². The lowest BCUT2D eigenvalue weighted by atomic mass is 10.1. The number of esters is 1. The van der Waals surface area contributed by atoms with E-state index >= 15 is 0 Å². The number of aryl methyl sites for hydroxylation is 1. The number of methoxy groups -OCH3 is 1. The van der Waals surface area contributed by atoms with Crippen LogP contribution in [0.25, 0.3) is 0 Å². The van der Waals surface area contributed by atoms with Gasteiger partial charge in [0.25, 0.3) is 0 Å². The monoisotopic (exact) mass is 331 g/mol. The number of carbonyl (C=O) groups excluding carboxylic acids is 1. The van der Waals surface area contributed by atoms with Crippen LogP contribution in [0.3, 0.4) is 0 Å². The van der Waals surface area contributed by atoms with Crippen molar-refractivity contribution in [2.24, 2.45) is 5.92 Å². The van der Waals surface area contributed by atoms with E-state index in [0.29, 0.717) is 18.0 Å². The third kappa shape index (κ3) is 3.30. The van der Waals surface area contributed by atoms with Gasteiger partial charge in [-0.1, -0.05) is 12.8 Å². The lowest BCUT2D eigenvalue weighted by Gasteiger charge is -2.21. The van der Waals surface area contributed by atoms with Gasteiger partial charge in [-0.3, -0.25) is 0 Å². The van der Waals surface area contributed by atoms with E-state index in [1.165, 1.54) is 24.3 Å². The van der Waals surface area contributed by atoms with Crippen molar-refractivity contribution < 1.29 is 17.9 Å². The number of rotatable bonds is 5. The maximum atomic E-state index is 12.8. The molecule has 1 saturated carbocycles. The van der Waals surface area contributed by atoms with Crippen molar-refractivity contribution in [3.8, 4) is 0 Å². The van der Waals surface area contributed by atoms with Gasteiger partial charge in [0.05, 0.1) is 7.11 Å². The Morgan fingerprint density at radius 1 is 1.43 bits per heavy atom. The number of sulfonamides is 1. The lowest BCUT2D eigenvalue weighted by Crippen LogP contribution is -2.32. The first kappa shape index (κ1) is 16.5. The summed E-state index contributed by atoms with van der Waals surface area (Å²) in [5.41, 5.74) is 0.596. The highest BCUT2D eigenvalue weighted by atomic mass is 32.2. The molecule has 0 unspecified atom stereocenters. The maximum absolute atomic E-state index is 12.8. The predicted molar refractivity (Wildman–Crippen MR) is 82.2 cm³/mol. The van der Waals surface area contributed by atoms with Crippen LogP contribution < -0.4 is 0 Å². The first-order valence-electron chi connectivity index (χ1n) is 7.00. The summed E-state index contributed by atoms with van der Waals surface area (Å²) in [6.45, 7) is 2.22. The molecule has 1 aliphatic carbocycles. The highest BCUT2D eigenvalue weighted by Gasteiger charge is 2.32. The van der Waals surface area contributed by atoms with Crippen LogP contribution in [0.15, 0.2) is 10.3 Å². The summed E-state index contributed by atoms with van der Waals surface area (Å²) in [7, 11) is -0.808. The van der Waals surface area contributed by atoms with Crippen LogP contribution in [0.5, 0.6) is 0 Å². The van der Waals surface area contributed by atoms with E-state index in [9.17, 15) is 13.2 Å². The standard InChI is InChI=1S/C14H21NO4S2/c1-10-9-20-12(14(16)19-3)13(10)21(17,18)15(2)8-11-6-4-5-7-11/h9,11H,4-8H2,1-3H3. The first-order chi connectivity index (χ1) is 9.87. The van der Waals surface area contributed by atoms with Gasteiger partial charge in [-0.2, -0.15) is 0 Å². The van der Waals surface area contributed by atoms with Gasteiger partial charge in [0.2, 0.25) is 10.0 Å². The Hall–Kier alpha value is -0.920. The van der Waals surface area contributed by atoms with Crippen molar-refractivity contribution in [1.29, 1.82) is 0 Å². The second kappa shape index (κ2) is 6.46. The second-order valence-corrected chi connectivity index (χ2v) is 8.37. The topological polar surface area (TPSA) is 63.7 Å². The average molecular weight is 331 g/mol. The Kier molecular flexibility index (Phi) is 5.06. The zero-order valence-corrected chi connectivity index (χ0v) is 14.2. The molecular weight excluding hydrogens is 310 g/mol. The van der Waals surface area contributed by atoms with E-state index in [2.05, 4.69) is 4.74 Å². The van der Waals surface area contributed by atoms with Gasteiger partial charge in [0, 0.05) is 13.6 Å². The number of hydrogen-bond acceptors (Lipinski definition) is 5. The largest absolute Gasteiger partial charge is 0.465 e. The van der Waals surface area contributed by atoms with Gasteiger partial charge in [-0.15, -0.1) is 11.3 Å². The first-order valence-corrected chi connectivity index (χ1v) is 9.32. The summed E-state index contributed by atoms with van der Waals surface area (Å²) in [5.74, 6) is -0.175. The third-order valence-electron chi connectivity index (χ3n) is 3.95. The Labute approximate surface area is 130 Å². The fourth-order valence-corrected chi connectivity index (χ4v) is 5.70. The molecule has 21 heavy (non-hydrogen) atoms. The number of ether oxygens (including phenoxy) is 1. The van der Waals surface area contributed by atoms with Crippen LogP contribution in [0.2, 0.25) is 0 Å². The van der Waals surface area contributed by atoms with Gasteiger partial charge >= 0.3 is 5.97 Å². The summed E-state index contributed by atoms with van der Waals surface area (Å²) in [6, 6.07) is 0. The van der Waals surface area contributed by atoms with E-state index < -0.39 is 16.0 Å². The number of thiophene rings is 1. The smallest absolute Gasteiger partial charge is 0.349 e. The summed E-state index contributed by atoms with van der Waals surface area (Å²) in [6.07, 6.45) is 4.49. The zero-order chi connectivity index (χ0) is 15.6. The minimum absolute atomic E-state index is 0.0971. The maximum Gasteiger partial charge on any atom is 0.349 e. The molecule has 0 saturated heterocycles. The molecule has 1 aromatic heterocycles. The van der Waals surface area contributed by atoms with Crippen molar-refractivity contribution in [2.75, 3.05) is 20.7 Å².